The Hall–Kier alpha value is -1.88. The lowest BCUT2D eigenvalue weighted by Crippen LogP contribution is -2.28. The van der Waals surface area contributed by atoms with Gasteiger partial charge in [-0.05, 0) is 31.2 Å². The van der Waals surface area contributed by atoms with Crippen LogP contribution in [0, 0.1) is 5.41 Å². The van der Waals surface area contributed by atoms with E-state index in [1.54, 1.807) is 18.2 Å². The highest BCUT2D eigenvalue weighted by molar-refractivity contribution is 6.03. The molecule has 0 aromatic heterocycles. The molecule has 0 radical (unpaired) electrons. The van der Waals surface area contributed by atoms with Crippen molar-refractivity contribution in [3.63, 3.8) is 0 Å². The van der Waals surface area contributed by atoms with Gasteiger partial charge in [-0.15, -0.1) is 0 Å². The summed E-state index contributed by atoms with van der Waals surface area (Å²) in [5.74, 6) is 0.395. The first-order valence-electron chi connectivity index (χ1n) is 6.25. The van der Waals surface area contributed by atoms with Crippen molar-refractivity contribution in [2.24, 2.45) is 11.1 Å². The predicted octanol–water partition coefficient (Wildman–Crippen LogP) is 1.58. The second-order valence-electron chi connectivity index (χ2n) is 5.30. The fourth-order valence-corrected chi connectivity index (χ4v) is 2.09. The summed E-state index contributed by atoms with van der Waals surface area (Å²) in [5, 5.41) is 2.70. The van der Waals surface area contributed by atoms with Crippen LogP contribution in [0.25, 0.3) is 0 Å². The maximum Gasteiger partial charge on any atom is 0.262 e. The zero-order chi connectivity index (χ0) is 14.0. The highest BCUT2D eigenvalue weighted by Gasteiger charge is 2.28. The Kier molecular flexibility index (Phi) is 3.57. The highest BCUT2D eigenvalue weighted by atomic mass is 16.5. The van der Waals surface area contributed by atoms with Crippen molar-refractivity contribution in [2.75, 3.05) is 18.5 Å². The first kappa shape index (κ1) is 13.5. The van der Waals surface area contributed by atoms with Gasteiger partial charge in [0.05, 0.1) is 5.69 Å². The van der Waals surface area contributed by atoms with Gasteiger partial charge in [0.1, 0.15) is 5.75 Å². The Morgan fingerprint density at radius 3 is 2.89 bits per heavy atom. The molecule has 1 aromatic rings. The molecule has 0 saturated carbocycles. The quantitative estimate of drug-likeness (QED) is 0.807. The number of anilines is 1. The number of hydrogen-bond acceptors (Lipinski definition) is 4. The van der Waals surface area contributed by atoms with E-state index in [2.05, 4.69) is 5.32 Å². The van der Waals surface area contributed by atoms with Gasteiger partial charge in [0.15, 0.2) is 12.4 Å². The molecule has 0 atom stereocenters. The molecule has 0 unspecified atom stereocenters. The Morgan fingerprint density at radius 2 is 2.21 bits per heavy atom. The third-order valence-electron chi connectivity index (χ3n) is 3.26. The molecule has 102 valence electrons. The van der Waals surface area contributed by atoms with Crippen molar-refractivity contribution < 1.29 is 14.3 Å². The SMILES string of the molecule is CC(C)(CCN)C(=O)c1ccc2c(c1)NC(=O)CO2. The van der Waals surface area contributed by atoms with Crippen molar-refractivity contribution in [1.29, 1.82) is 0 Å². The van der Waals surface area contributed by atoms with E-state index in [9.17, 15) is 9.59 Å². The number of carbonyl (C=O) groups excluding carboxylic acids is 2. The fraction of sp³-hybridized carbons (Fsp3) is 0.429. The summed E-state index contributed by atoms with van der Waals surface area (Å²) in [6.07, 6.45) is 0.617. The fourth-order valence-electron chi connectivity index (χ4n) is 2.09. The molecule has 1 aromatic carbocycles. The molecule has 1 aliphatic rings. The molecule has 5 heteroatoms. The van der Waals surface area contributed by atoms with Crippen LogP contribution in [0.3, 0.4) is 0 Å². The van der Waals surface area contributed by atoms with Gasteiger partial charge in [-0.25, -0.2) is 0 Å². The molecule has 0 saturated heterocycles. The van der Waals surface area contributed by atoms with Crippen LogP contribution in [-0.2, 0) is 4.79 Å². The molecule has 0 spiro atoms. The number of ether oxygens (including phenoxy) is 1. The van der Waals surface area contributed by atoms with Crippen LogP contribution in [0.5, 0.6) is 5.75 Å². The molecule has 1 amide bonds. The molecular weight excluding hydrogens is 244 g/mol. The van der Waals surface area contributed by atoms with Crippen LogP contribution < -0.4 is 15.8 Å². The lowest BCUT2D eigenvalue weighted by molar-refractivity contribution is -0.118. The molecule has 3 N–H and O–H groups in total. The number of benzene rings is 1. The van der Waals surface area contributed by atoms with Gasteiger partial charge < -0.3 is 15.8 Å². The molecule has 2 rings (SSSR count). The van der Waals surface area contributed by atoms with E-state index < -0.39 is 5.41 Å². The van der Waals surface area contributed by atoms with Crippen molar-refractivity contribution >= 4 is 17.4 Å². The molecule has 1 aliphatic heterocycles. The van der Waals surface area contributed by atoms with Crippen LogP contribution in [0.1, 0.15) is 30.6 Å². The minimum Gasteiger partial charge on any atom is -0.482 e. The molecule has 5 nitrogen and oxygen atoms in total. The summed E-state index contributed by atoms with van der Waals surface area (Å²) in [5.41, 5.74) is 6.12. The lowest BCUT2D eigenvalue weighted by Gasteiger charge is -2.24. The van der Waals surface area contributed by atoms with E-state index in [1.165, 1.54) is 0 Å². The molecule has 1 heterocycles. The van der Waals surface area contributed by atoms with E-state index in [1.807, 2.05) is 13.8 Å². The van der Waals surface area contributed by atoms with Gasteiger partial charge >= 0.3 is 0 Å². The van der Waals surface area contributed by atoms with Crippen LogP contribution in [-0.4, -0.2) is 24.8 Å². The van der Waals surface area contributed by atoms with Crippen molar-refractivity contribution in [2.45, 2.75) is 20.3 Å². The minimum absolute atomic E-state index is 0.0129. The van der Waals surface area contributed by atoms with Gasteiger partial charge in [-0.1, -0.05) is 13.8 Å². The van der Waals surface area contributed by atoms with E-state index in [4.69, 9.17) is 10.5 Å². The summed E-state index contributed by atoms with van der Waals surface area (Å²) < 4.78 is 5.26. The topological polar surface area (TPSA) is 81.4 Å². The number of fused-ring (bicyclic) bond motifs is 1. The number of rotatable bonds is 4. The van der Waals surface area contributed by atoms with Gasteiger partial charge in [-0.3, -0.25) is 9.59 Å². The average Bonchev–Trinajstić information content (AvgIpc) is 2.36. The number of nitrogens with two attached hydrogens (primary N) is 1. The largest absolute Gasteiger partial charge is 0.482 e. The van der Waals surface area contributed by atoms with Crippen molar-refractivity contribution in [1.82, 2.24) is 0 Å². The smallest absolute Gasteiger partial charge is 0.262 e. The van der Waals surface area contributed by atoms with E-state index >= 15 is 0 Å². The third-order valence-corrected chi connectivity index (χ3v) is 3.26. The van der Waals surface area contributed by atoms with Crippen LogP contribution in [0.15, 0.2) is 18.2 Å². The minimum atomic E-state index is -0.511. The van der Waals surface area contributed by atoms with Gasteiger partial charge in [0.2, 0.25) is 0 Å². The Balaban J connectivity index is 2.29. The van der Waals surface area contributed by atoms with Crippen LogP contribution in [0.2, 0.25) is 0 Å². The zero-order valence-corrected chi connectivity index (χ0v) is 11.2. The van der Waals surface area contributed by atoms with Crippen LogP contribution in [0.4, 0.5) is 5.69 Å². The monoisotopic (exact) mass is 262 g/mol. The molecule has 0 bridgehead atoms. The number of ketones is 1. The second kappa shape index (κ2) is 5.01. The summed E-state index contributed by atoms with van der Waals surface area (Å²) in [6, 6.07) is 5.09. The van der Waals surface area contributed by atoms with Crippen LogP contribution >= 0.6 is 0 Å². The van der Waals surface area contributed by atoms with Crippen molar-refractivity contribution in [3.8, 4) is 5.75 Å². The summed E-state index contributed by atoms with van der Waals surface area (Å²) in [4.78, 5) is 23.7. The van der Waals surface area contributed by atoms with E-state index in [0.29, 0.717) is 30.0 Å². The number of nitrogens with one attached hydrogen (secondary N) is 1. The molecule has 0 aliphatic carbocycles. The molecule has 0 fully saturated rings. The Morgan fingerprint density at radius 1 is 1.47 bits per heavy atom. The Bertz CT molecular complexity index is 523. The maximum atomic E-state index is 12.4. The van der Waals surface area contributed by atoms with Crippen molar-refractivity contribution in [3.05, 3.63) is 23.8 Å². The summed E-state index contributed by atoms with van der Waals surface area (Å²) in [7, 11) is 0. The molecule has 19 heavy (non-hydrogen) atoms. The standard InChI is InChI=1S/C14H18N2O3/c1-14(2,5-6-15)13(18)9-3-4-11-10(7-9)16-12(17)8-19-11/h3-4,7H,5-6,8,15H2,1-2H3,(H,16,17). The van der Waals surface area contributed by atoms with Gasteiger partial charge in [0.25, 0.3) is 5.91 Å². The summed E-state index contributed by atoms with van der Waals surface area (Å²) >= 11 is 0. The number of hydrogen-bond donors (Lipinski definition) is 2. The zero-order valence-electron chi connectivity index (χ0n) is 11.2. The highest BCUT2D eigenvalue weighted by Crippen LogP contribution is 2.32. The predicted molar refractivity (Wildman–Crippen MR) is 72.3 cm³/mol. The first-order valence-corrected chi connectivity index (χ1v) is 6.25. The number of Topliss-reactive ketones (excluding diaryl/α,β-unsaturated/α-hetero) is 1. The lowest BCUT2D eigenvalue weighted by atomic mass is 9.81. The number of carbonyl (C=O) groups is 2. The average molecular weight is 262 g/mol. The van der Waals surface area contributed by atoms with E-state index in [0.717, 1.165) is 0 Å². The maximum absolute atomic E-state index is 12.4. The summed E-state index contributed by atoms with van der Waals surface area (Å²) in [6.45, 7) is 4.22. The normalized spacial score (nSPS) is 14.4. The van der Waals surface area contributed by atoms with Gasteiger partial charge in [-0.2, -0.15) is 0 Å². The third kappa shape index (κ3) is 2.76. The van der Waals surface area contributed by atoms with E-state index in [-0.39, 0.29) is 18.3 Å². The van der Waals surface area contributed by atoms with Gasteiger partial charge in [0, 0.05) is 11.0 Å². The Labute approximate surface area is 112 Å². The molecular formula is C14H18N2O3. The second-order valence-corrected chi connectivity index (χ2v) is 5.30. The number of amides is 1. The first-order chi connectivity index (χ1) is 8.94.